The summed E-state index contributed by atoms with van der Waals surface area (Å²) in [7, 11) is -3.12. The molecule has 4 aliphatic rings. The van der Waals surface area contributed by atoms with Crippen molar-refractivity contribution in [1.82, 2.24) is 0 Å². The number of hydrogen-bond donors (Lipinski definition) is 0. The molecule has 0 amide bonds. The fraction of sp³-hybridized carbons (Fsp3) is 0.923. The van der Waals surface area contributed by atoms with Gasteiger partial charge in [0.25, 0.3) is 0 Å². The van der Waals surface area contributed by atoms with Gasteiger partial charge in [0.05, 0.1) is 0 Å². The molecule has 0 aromatic heterocycles. The SMILES string of the molecule is C#C[C@]1(O[Si](C)(C)C)CC[C@H]2[C@@H]3CC[C@H]4C[C@@H](O[Si](C)(C)C)CC[C@@H]4[C@H]3CC[C@@]21C. The van der Waals surface area contributed by atoms with Crippen LogP contribution in [0, 0.1) is 47.3 Å². The summed E-state index contributed by atoms with van der Waals surface area (Å²) in [6.07, 6.45) is 18.6. The van der Waals surface area contributed by atoms with E-state index in [-0.39, 0.29) is 11.0 Å². The first kappa shape index (κ1) is 23.1. The lowest BCUT2D eigenvalue weighted by Gasteiger charge is -2.58. The van der Waals surface area contributed by atoms with Crippen LogP contribution in [0.15, 0.2) is 0 Å². The molecule has 0 bridgehead atoms. The molecule has 4 aliphatic carbocycles. The van der Waals surface area contributed by atoms with Crippen LogP contribution in [-0.4, -0.2) is 28.3 Å². The molecular formula is C26H46O2Si2. The van der Waals surface area contributed by atoms with Crippen LogP contribution < -0.4 is 0 Å². The lowest BCUT2D eigenvalue weighted by Crippen LogP contribution is -2.56. The Morgan fingerprint density at radius 3 is 2.13 bits per heavy atom. The minimum absolute atomic E-state index is 0.175. The molecule has 4 saturated carbocycles. The second-order valence-corrected chi connectivity index (χ2v) is 22.2. The Morgan fingerprint density at radius 2 is 1.50 bits per heavy atom. The third-order valence-electron chi connectivity index (χ3n) is 9.26. The van der Waals surface area contributed by atoms with Crippen molar-refractivity contribution in [3.8, 4) is 12.3 Å². The fourth-order valence-electron chi connectivity index (χ4n) is 8.37. The molecule has 4 fully saturated rings. The molecule has 0 N–H and O–H groups in total. The maximum atomic E-state index is 6.84. The largest absolute Gasteiger partial charge is 0.415 e. The van der Waals surface area contributed by atoms with Gasteiger partial charge in [0, 0.05) is 11.5 Å². The van der Waals surface area contributed by atoms with Crippen LogP contribution >= 0.6 is 0 Å². The van der Waals surface area contributed by atoms with Crippen LogP contribution in [0.3, 0.4) is 0 Å². The van der Waals surface area contributed by atoms with Gasteiger partial charge in [-0.25, -0.2) is 0 Å². The van der Waals surface area contributed by atoms with Crippen molar-refractivity contribution in [2.45, 2.75) is 116 Å². The molecule has 4 heteroatoms. The molecule has 30 heavy (non-hydrogen) atoms. The van der Waals surface area contributed by atoms with E-state index >= 15 is 0 Å². The van der Waals surface area contributed by atoms with Crippen molar-refractivity contribution in [2.75, 3.05) is 0 Å². The van der Waals surface area contributed by atoms with Gasteiger partial charge in [0.2, 0.25) is 0 Å². The van der Waals surface area contributed by atoms with Crippen LogP contribution in [0.1, 0.15) is 64.7 Å². The maximum Gasteiger partial charge on any atom is 0.185 e. The van der Waals surface area contributed by atoms with Crippen molar-refractivity contribution in [2.24, 2.45) is 35.0 Å². The molecule has 0 aliphatic heterocycles. The van der Waals surface area contributed by atoms with Gasteiger partial charge in [0.1, 0.15) is 5.60 Å². The number of rotatable bonds is 4. The summed E-state index contributed by atoms with van der Waals surface area (Å²) in [6, 6.07) is 0. The first-order valence-electron chi connectivity index (χ1n) is 12.7. The van der Waals surface area contributed by atoms with Gasteiger partial charge in [-0.3, -0.25) is 0 Å². The van der Waals surface area contributed by atoms with Gasteiger partial charge < -0.3 is 8.85 Å². The first-order valence-corrected chi connectivity index (χ1v) is 19.5. The lowest BCUT2D eigenvalue weighted by atomic mass is 9.49. The predicted octanol–water partition coefficient (Wildman–Crippen LogP) is 7.08. The summed E-state index contributed by atoms with van der Waals surface area (Å²) in [4.78, 5) is 0. The Morgan fingerprint density at radius 1 is 0.800 bits per heavy atom. The molecular weight excluding hydrogens is 400 g/mol. The van der Waals surface area contributed by atoms with Crippen LogP contribution in [0.5, 0.6) is 0 Å². The van der Waals surface area contributed by atoms with E-state index in [1.807, 2.05) is 0 Å². The molecule has 4 rings (SSSR count). The van der Waals surface area contributed by atoms with Gasteiger partial charge >= 0.3 is 0 Å². The molecule has 0 radical (unpaired) electrons. The summed E-state index contributed by atoms with van der Waals surface area (Å²) < 4.78 is 13.4. The van der Waals surface area contributed by atoms with Crippen molar-refractivity contribution in [3.63, 3.8) is 0 Å². The number of hydrogen-bond acceptors (Lipinski definition) is 2. The van der Waals surface area contributed by atoms with E-state index in [9.17, 15) is 0 Å². The van der Waals surface area contributed by atoms with E-state index in [0.717, 1.165) is 36.0 Å². The average molecular weight is 447 g/mol. The standard InChI is InChI=1S/C26H46O2Si2/c1-9-26(28-30(6,7)8)17-15-24-23-12-10-19-18-20(27-29(3,4)5)11-13-21(19)22(23)14-16-25(24,26)2/h1,19-24H,10-18H2,2-8H3/t19-,20-,21-,22+,23+,24-,25-,26-/m0/s1. The van der Waals surface area contributed by atoms with Gasteiger partial charge in [-0.05, 0) is 127 Å². The molecule has 0 aromatic rings. The minimum Gasteiger partial charge on any atom is -0.415 e. The normalized spacial score (nSPS) is 46.5. The highest BCUT2D eigenvalue weighted by molar-refractivity contribution is 6.70. The fourth-order valence-corrected chi connectivity index (χ4v) is 11.0. The quantitative estimate of drug-likeness (QED) is 0.339. The van der Waals surface area contributed by atoms with Crippen LogP contribution in [0.25, 0.3) is 0 Å². The van der Waals surface area contributed by atoms with Crippen molar-refractivity contribution in [3.05, 3.63) is 0 Å². The lowest BCUT2D eigenvalue weighted by molar-refractivity contribution is -0.104. The van der Waals surface area contributed by atoms with E-state index in [1.165, 1.54) is 51.4 Å². The van der Waals surface area contributed by atoms with Crippen LogP contribution in [0.2, 0.25) is 39.3 Å². The van der Waals surface area contributed by atoms with Crippen molar-refractivity contribution in [1.29, 1.82) is 0 Å². The summed E-state index contributed by atoms with van der Waals surface area (Å²) >= 11 is 0. The second-order valence-electron chi connectivity index (χ2n) is 13.3. The molecule has 0 spiro atoms. The topological polar surface area (TPSA) is 18.5 Å². The second kappa shape index (κ2) is 7.75. The average Bonchev–Trinajstić information content (AvgIpc) is 2.91. The van der Waals surface area contributed by atoms with E-state index in [4.69, 9.17) is 15.3 Å². The molecule has 170 valence electrons. The van der Waals surface area contributed by atoms with Gasteiger partial charge in [-0.2, -0.15) is 0 Å². The van der Waals surface area contributed by atoms with E-state index in [1.54, 1.807) is 0 Å². The smallest absolute Gasteiger partial charge is 0.185 e. The molecule has 8 atom stereocenters. The molecule has 0 aromatic carbocycles. The Labute approximate surface area is 188 Å². The third-order valence-corrected chi connectivity index (χ3v) is 11.3. The molecule has 2 nitrogen and oxygen atoms in total. The monoisotopic (exact) mass is 446 g/mol. The summed E-state index contributed by atoms with van der Waals surface area (Å²) in [6.45, 7) is 16.5. The van der Waals surface area contributed by atoms with E-state index in [0.29, 0.717) is 6.10 Å². The Kier molecular flexibility index (Phi) is 5.96. The van der Waals surface area contributed by atoms with E-state index < -0.39 is 16.6 Å². The summed E-state index contributed by atoms with van der Waals surface area (Å²) in [5, 5.41) is 0. The summed E-state index contributed by atoms with van der Waals surface area (Å²) in [5.41, 5.74) is -0.138. The Bertz CT molecular complexity index is 687. The predicted molar refractivity (Wildman–Crippen MR) is 131 cm³/mol. The maximum absolute atomic E-state index is 6.84. The van der Waals surface area contributed by atoms with E-state index in [2.05, 4.69) is 52.1 Å². The zero-order valence-electron chi connectivity index (χ0n) is 20.7. The number of terminal acetylenes is 1. The highest BCUT2D eigenvalue weighted by Gasteiger charge is 2.64. The Hall–Kier alpha value is -0.0862. The van der Waals surface area contributed by atoms with Gasteiger partial charge in [0.15, 0.2) is 16.6 Å². The molecule has 0 unspecified atom stereocenters. The zero-order chi connectivity index (χ0) is 21.9. The third kappa shape index (κ3) is 4.02. The summed E-state index contributed by atoms with van der Waals surface area (Å²) in [5.74, 6) is 7.66. The molecule has 0 saturated heterocycles. The minimum atomic E-state index is -1.69. The highest BCUT2D eigenvalue weighted by Crippen LogP contribution is 2.66. The highest BCUT2D eigenvalue weighted by atomic mass is 28.4. The van der Waals surface area contributed by atoms with Gasteiger partial charge in [-0.15, -0.1) is 6.42 Å². The zero-order valence-corrected chi connectivity index (χ0v) is 22.7. The van der Waals surface area contributed by atoms with Crippen molar-refractivity contribution < 1.29 is 8.85 Å². The van der Waals surface area contributed by atoms with Crippen LogP contribution in [0.4, 0.5) is 0 Å². The molecule has 0 heterocycles. The van der Waals surface area contributed by atoms with Crippen LogP contribution in [-0.2, 0) is 8.85 Å². The first-order chi connectivity index (χ1) is 13.9. The van der Waals surface area contributed by atoms with Gasteiger partial charge in [-0.1, -0.05) is 12.8 Å². The Balaban J connectivity index is 1.50. The van der Waals surface area contributed by atoms with Crippen molar-refractivity contribution >= 4 is 16.6 Å². The number of fused-ring (bicyclic) bond motifs is 5.